The van der Waals surface area contributed by atoms with Crippen molar-refractivity contribution in [3.63, 3.8) is 0 Å². The van der Waals surface area contributed by atoms with Crippen molar-refractivity contribution in [1.82, 2.24) is 15.1 Å². The van der Waals surface area contributed by atoms with Gasteiger partial charge in [-0.3, -0.25) is 5.32 Å². The summed E-state index contributed by atoms with van der Waals surface area (Å²) in [5.41, 5.74) is 0.719. The molecule has 1 unspecified atom stereocenters. The number of amides is 2. The van der Waals surface area contributed by atoms with Crippen molar-refractivity contribution in [1.29, 1.82) is 10.5 Å². The Balaban J connectivity index is 1.81. The average molecular weight is 451 g/mol. The zero-order valence-corrected chi connectivity index (χ0v) is 18.2. The summed E-state index contributed by atoms with van der Waals surface area (Å²) in [7, 11) is 0. The lowest BCUT2D eigenvalue weighted by Crippen LogP contribution is -2.60. The molecule has 2 aromatic rings. The molecule has 1 saturated heterocycles. The summed E-state index contributed by atoms with van der Waals surface area (Å²) < 4.78 is 27.7. The van der Waals surface area contributed by atoms with E-state index in [1.165, 1.54) is 0 Å². The van der Waals surface area contributed by atoms with Crippen LogP contribution in [0.4, 0.5) is 25.0 Å². The smallest absolute Gasteiger partial charge is 0.321 e. The number of piperazine rings is 1. The number of urea groups is 1. The predicted molar refractivity (Wildman–Crippen MR) is 119 cm³/mol. The van der Waals surface area contributed by atoms with Gasteiger partial charge in [0.2, 0.25) is 5.96 Å². The molecular weight excluding hydrogens is 428 g/mol. The zero-order chi connectivity index (χ0) is 24.0. The van der Waals surface area contributed by atoms with Gasteiger partial charge in [-0.25, -0.2) is 18.6 Å². The predicted octanol–water partition coefficient (Wildman–Crippen LogP) is 3.77. The van der Waals surface area contributed by atoms with E-state index >= 15 is 0 Å². The number of benzene rings is 2. The van der Waals surface area contributed by atoms with Gasteiger partial charge in [0.25, 0.3) is 0 Å². The van der Waals surface area contributed by atoms with Crippen LogP contribution in [0.1, 0.15) is 19.4 Å². The monoisotopic (exact) mass is 451 g/mol. The molecule has 1 atom stereocenters. The van der Waals surface area contributed by atoms with Crippen molar-refractivity contribution >= 4 is 23.4 Å². The SMILES string of the molecule is CC(C)C1CN(C(=O)Nc2cccc(C#N)c2)CCN1C(=Nc1cc(F)ccc1F)NC#N. The first-order chi connectivity index (χ1) is 15.8. The highest BCUT2D eigenvalue weighted by atomic mass is 19.1. The maximum absolute atomic E-state index is 14.1. The van der Waals surface area contributed by atoms with Crippen molar-refractivity contribution in [2.75, 3.05) is 25.0 Å². The van der Waals surface area contributed by atoms with E-state index in [9.17, 15) is 18.8 Å². The van der Waals surface area contributed by atoms with Crippen LogP contribution in [-0.2, 0) is 0 Å². The summed E-state index contributed by atoms with van der Waals surface area (Å²) in [6.07, 6.45) is 1.80. The van der Waals surface area contributed by atoms with Crippen molar-refractivity contribution in [2.24, 2.45) is 10.9 Å². The average Bonchev–Trinajstić information content (AvgIpc) is 2.80. The topological polar surface area (TPSA) is 108 Å². The van der Waals surface area contributed by atoms with E-state index in [1.54, 1.807) is 40.3 Å². The Morgan fingerprint density at radius 1 is 1.18 bits per heavy atom. The maximum atomic E-state index is 14.1. The fourth-order valence-corrected chi connectivity index (χ4v) is 3.60. The summed E-state index contributed by atoms with van der Waals surface area (Å²) in [4.78, 5) is 20.4. The van der Waals surface area contributed by atoms with E-state index < -0.39 is 11.6 Å². The van der Waals surface area contributed by atoms with E-state index in [0.717, 1.165) is 18.2 Å². The largest absolute Gasteiger partial charge is 0.335 e. The number of hydrogen-bond acceptors (Lipinski definition) is 4. The van der Waals surface area contributed by atoms with Crippen molar-refractivity contribution in [2.45, 2.75) is 19.9 Å². The lowest BCUT2D eigenvalue weighted by Gasteiger charge is -2.44. The minimum atomic E-state index is -0.715. The Kier molecular flexibility index (Phi) is 7.42. The zero-order valence-electron chi connectivity index (χ0n) is 18.2. The number of carbonyl (C=O) groups is 1. The number of hydrogen-bond donors (Lipinski definition) is 2. The number of carbonyl (C=O) groups excluding carboxylic acids is 1. The van der Waals surface area contributed by atoms with Gasteiger partial charge in [-0.15, -0.1) is 0 Å². The molecule has 33 heavy (non-hydrogen) atoms. The molecule has 3 rings (SSSR count). The molecule has 1 fully saturated rings. The summed E-state index contributed by atoms with van der Waals surface area (Å²) in [6.45, 7) is 4.87. The van der Waals surface area contributed by atoms with Gasteiger partial charge in [0.15, 0.2) is 6.19 Å². The molecule has 8 nitrogen and oxygen atoms in total. The van der Waals surface area contributed by atoms with Crippen LogP contribution in [0.15, 0.2) is 47.5 Å². The lowest BCUT2D eigenvalue weighted by molar-refractivity contribution is 0.118. The Hall–Kier alpha value is -4.18. The van der Waals surface area contributed by atoms with Gasteiger partial charge in [-0.05, 0) is 36.2 Å². The fraction of sp³-hybridized carbons (Fsp3) is 0.304. The van der Waals surface area contributed by atoms with E-state index in [-0.39, 0.29) is 29.6 Å². The number of nitrogens with one attached hydrogen (secondary N) is 2. The van der Waals surface area contributed by atoms with Gasteiger partial charge >= 0.3 is 6.03 Å². The second-order valence-corrected chi connectivity index (χ2v) is 7.84. The third kappa shape index (κ3) is 5.74. The van der Waals surface area contributed by atoms with E-state index in [0.29, 0.717) is 30.9 Å². The normalized spacial score (nSPS) is 16.2. The highest BCUT2D eigenvalue weighted by Crippen LogP contribution is 2.23. The van der Waals surface area contributed by atoms with Crippen LogP contribution in [-0.4, -0.2) is 47.5 Å². The molecule has 0 spiro atoms. The number of guanidine groups is 1. The van der Waals surface area contributed by atoms with E-state index in [1.807, 2.05) is 19.9 Å². The molecule has 0 saturated carbocycles. The number of halogens is 2. The highest BCUT2D eigenvalue weighted by Gasteiger charge is 2.33. The molecule has 2 N–H and O–H groups in total. The van der Waals surface area contributed by atoms with Crippen LogP contribution in [0.2, 0.25) is 0 Å². The first-order valence-corrected chi connectivity index (χ1v) is 10.3. The number of nitriles is 2. The summed E-state index contributed by atoms with van der Waals surface area (Å²) >= 11 is 0. The molecule has 0 bridgehead atoms. The summed E-state index contributed by atoms with van der Waals surface area (Å²) in [6, 6.07) is 11.0. The lowest BCUT2D eigenvalue weighted by atomic mass is 10.00. The minimum absolute atomic E-state index is 0.0468. The molecule has 1 aliphatic heterocycles. The first-order valence-electron chi connectivity index (χ1n) is 10.3. The molecule has 170 valence electrons. The summed E-state index contributed by atoms with van der Waals surface area (Å²) in [5.74, 6) is -1.23. The highest BCUT2D eigenvalue weighted by molar-refractivity contribution is 5.90. The molecule has 1 heterocycles. The Labute approximate surface area is 190 Å². The third-order valence-electron chi connectivity index (χ3n) is 5.29. The molecule has 10 heteroatoms. The molecule has 2 amide bonds. The standard InChI is InChI=1S/C23H23F2N7O/c1-15(2)21-13-31(23(33)29-18-5-3-4-16(10-18)12-26)8-9-32(21)22(28-14-27)30-20-11-17(24)6-7-19(20)25/h3-7,10-11,15,21H,8-9,13H2,1-2H3,(H,28,30)(H,29,33). The third-order valence-corrected chi connectivity index (χ3v) is 5.29. The van der Waals surface area contributed by atoms with Crippen molar-refractivity contribution in [3.05, 3.63) is 59.7 Å². The molecule has 0 aromatic heterocycles. The van der Waals surface area contributed by atoms with Gasteiger partial charge < -0.3 is 15.1 Å². The number of anilines is 1. The van der Waals surface area contributed by atoms with Gasteiger partial charge in [0.05, 0.1) is 17.7 Å². The number of nitrogens with zero attached hydrogens (tertiary/aromatic N) is 5. The second kappa shape index (κ2) is 10.4. The molecule has 2 aromatic carbocycles. The van der Waals surface area contributed by atoms with Crippen LogP contribution < -0.4 is 10.6 Å². The van der Waals surface area contributed by atoms with Gasteiger partial charge in [0, 0.05) is 31.4 Å². The van der Waals surface area contributed by atoms with E-state index in [2.05, 4.69) is 15.6 Å². The van der Waals surface area contributed by atoms with Crippen LogP contribution >= 0.6 is 0 Å². The Morgan fingerprint density at radius 2 is 1.97 bits per heavy atom. The Bertz CT molecular complexity index is 1140. The van der Waals surface area contributed by atoms with Crippen molar-refractivity contribution < 1.29 is 13.6 Å². The first kappa shape index (κ1) is 23.5. The quantitative estimate of drug-likeness (QED) is 0.320. The number of rotatable bonds is 3. The van der Waals surface area contributed by atoms with Gasteiger partial charge in [0.1, 0.15) is 17.3 Å². The van der Waals surface area contributed by atoms with Gasteiger partial charge in [-0.1, -0.05) is 19.9 Å². The van der Waals surface area contributed by atoms with Crippen LogP contribution in [0.25, 0.3) is 0 Å². The Morgan fingerprint density at radius 3 is 2.67 bits per heavy atom. The van der Waals surface area contributed by atoms with Crippen LogP contribution in [0, 0.1) is 40.3 Å². The fourth-order valence-electron chi connectivity index (χ4n) is 3.60. The maximum Gasteiger partial charge on any atom is 0.321 e. The molecule has 0 radical (unpaired) electrons. The molecular formula is C23H23F2N7O. The van der Waals surface area contributed by atoms with Crippen molar-refractivity contribution in [3.8, 4) is 12.3 Å². The van der Waals surface area contributed by atoms with Gasteiger partial charge in [-0.2, -0.15) is 10.5 Å². The number of aliphatic imine (C=N–C) groups is 1. The van der Waals surface area contributed by atoms with Crippen LogP contribution in [0.3, 0.4) is 0 Å². The molecule has 0 aliphatic carbocycles. The second-order valence-electron chi connectivity index (χ2n) is 7.84. The van der Waals surface area contributed by atoms with Crippen LogP contribution in [0.5, 0.6) is 0 Å². The molecule has 1 aliphatic rings. The summed E-state index contributed by atoms with van der Waals surface area (Å²) in [5, 5.41) is 23.5. The minimum Gasteiger partial charge on any atom is -0.335 e. The van der Waals surface area contributed by atoms with E-state index in [4.69, 9.17) is 5.26 Å².